The molecule has 1 N–H and O–H groups in total. The van der Waals surface area contributed by atoms with Crippen LogP contribution in [0.5, 0.6) is 11.5 Å². The predicted molar refractivity (Wildman–Crippen MR) is 116 cm³/mol. The zero-order valence-electron chi connectivity index (χ0n) is 16.2. The number of carbonyl (C=O) groups excluding carboxylic acids is 1. The highest BCUT2D eigenvalue weighted by Crippen LogP contribution is 2.29. The summed E-state index contributed by atoms with van der Waals surface area (Å²) in [5, 5.41) is 4.61. The number of nitrogens with zero attached hydrogens (tertiary/aromatic N) is 1. The van der Waals surface area contributed by atoms with Gasteiger partial charge in [0.25, 0.3) is 10.0 Å². The van der Waals surface area contributed by atoms with E-state index < -0.39 is 16.1 Å². The fourth-order valence-electron chi connectivity index (χ4n) is 3.47. The monoisotopic (exact) mass is 442 g/mol. The quantitative estimate of drug-likeness (QED) is 0.600. The second-order valence-corrected chi connectivity index (χ2v) is 10.1. The smallest absolute Gasteiger partial charge is 0.253 e. The van der Waals surface area contributed by atoms with Crippen molar-refractivity contribution in [2.24, 2.45) is 0 Å². The number of carbonyl (C=O) groups is 1. The Morgan fingerprint density at radius 3 is 2.63 bits per heavy atom. The third-order valence-electron chi connectivity index (χ3n) is 4.91. The summed E-state index contributed by atoms with van der Waals surface area (Å²) in [5.74, 6) is 1.14. The van der Waals surface area contributed by atoms with Gasteiger partial charge in [0.05, 0.1) is 0 Å². The van der Waals surface area contributed by atoms with Crippen LogP contribution in [0.15, 0.2) is 76.3 Å². The first-order valence-electron chi connectivity index (χ1n) is 9.69. The van der Waals surface area contributed by atoms with E-state index in [1.54, 1.807) is 17.5 Å². The molecule has 0 spiro atoms. The molecule has 0 saturated carbocycles. The molecule has 1 aromatic heterocycles. The molecule has 3 aromatic rings. The van der Waals surface area contributed by atoms with Gasteiger partial charge in [-0.05, 0) is 54.1 Å². The van der Waals surface area contributed by atoms with Crippen LogP contribution in [0.3, 0.4) is 0 Å². The second-order valence-electron chi connectivity index (χ2n) is 6.99. The van der Waals surface area contributed by atoms with Crippen LogP contribution in [0.4, 0.5) is 0 Å². The number of thiophene rings is 1. The molecular weight excluding hydrogens is 420 g/mol. The first kappa shape index (κ1) is 20.6. The van der Waals surface area contributed by atoms with Gasteiger partial charge in [0.15, 0.2) is 0 Å². The molecule has 156 valence electrons. The lowest BCUT2D eigenvalue weighted by Crippen LogP contribution is -2.45. The summed E-state index contributed by atoms with van der Waals surface area (Å²) in [6.07, 6.45) is 1.19. The Morgan fingerprint density at radius 2 is 1.87 bits per heavy atom. The number of amides is 1. The van der Waals surface area contributed by atoms with Crippen molar-refractivity contribution in [3.8, 4) is 11.5 Å². The Balaban J connectivity index is 1.40. The Morgan fingerprint density at radius 1 is 1.07 bits per heavy atom. The lowest BCUT2D eigenvalue weighted by Gasteiger charge is -2.22. The molecular formula is C22H22N2O4S2. The summed E-state index contributed by atoms with van der Waals surface area (Å²) in [7, 11) is -3.64. The highest BCUT2D eigenvalue weighted by atomic mass is 32.2. The Kier molecular flexibility index (Phi) is 6.17. The van der Waals surface area contributed by atoms with E-state index in [9.17, 15) is 13.2 Å². The largest absolute Gasteiger partial charge is 0.457 e. The fourth-order valence-corrected chi connectivity index (χ4v) is 6.24. The Labute approximate surface area is 180 Å². The number of sulfonamides is 1. The van der Waals surface area contributed by atoms with Crippen molar-refractivity contribution in [2.45, 2.75) is 29.6 Å². The average molecular weight is 443 g/mol. The van der Waals surface area contributed by atoms with Crippen LogP contribution in [-0.4, -0.2) is 31.2 Å². The van der Waals surface area contributed by atoms with Gasteiger partial charge in [0.2, 0.25) is 5.91 Å². The molecule has 2 aromatic carbocycles. The minimum atomic E-state index is -3.64. The zero-order valence-corrected chi connectivity index (χ0v) is 17.9. The van der Waals surface area contributed by atoms with Gasteiger partial charge >= 0.3 is 0 Å². The number of benzene rings is 2. The summed E-state index contributed by atoms with van der Waals surface area (Å²) in [4.78, 5) is 12.8. The van der Waals surface area contributed by atoms with E-state index in [4.69, 9.17) is 4.74 Å². The average Bonchev–Trinajstić information content (AvgIpc) is 3.46. The van der Waals surface area contributed by atoms with Gasteiger partial charge in [-0.3, -0.25) is 4.79 Å². The summed E-state index contributed by atoms with van der Waals surface area (Å²) in [6, 6.07) is 19.5. The van der Waals surface area contributed by atoms with E-state index in [-0.39, 0.29) is 10.1 Å². The van der Waals surface area contributed by atoms with E-state index in [1.807, 2.05) is 54.6 Å². The van der Waals surface area contributed by atoms with Crippen LogP contribution < -0.4 is 10.1 Å². The molecule has 8 heteroatoms. The lowest BCUT2D eigenvalue weighted by molar-refractivity contribution is -0.124. The molecule has 2 heterocycles. The van der Waals surface area contributed by atoms with Gasteiger partial charge in [-0.15, -0.1) is 11.3 Å². The van der Waals surface area contributed by atoms with Crippen molar-refractivity contribution in [1.29, 1.82) is 0 Å². The topological polar surface area (TPSA) is 75.7 Å². The van der Waals surface area contributed by atoms with Crippen molar-refractivity contribution in [3.05, 3.63) is 77.7 Å². The minimum Gasteiger partial charge on any atom is -0.457 e. The minimum absolute atomic E-state index is 0.271. The highest BCUT2D eigenvalue weighted by molar-refractivity contribution is 7.91. The van der Waals surface area contributed by atoms with Gasteiger partial charge in [-0.25, -0.2) is 8.42 Å². The van der Waals surface area contributed by atoms with Crippen LogP contribution in [0.1, 0.15) is 18.4 Å². The third-order valence-corrected chi connectivity index (χ3v) is 8.19. The van der Waals surface area contributed by atoms with Crippen LogP contribution in [-0.2, 0) is 21.4 Å². The van der Waals surface area contributed by atoms with Gasteiger partial charge in [-0.1, -0.05) is 36.4 Å². The first-order chi connectivity index (χ1) is 14.5. The van der Waals surface area contributed by atoms with Crippen molar-refractivity contribution in [3.63, 3.8) is 0 Å². The zero-order chi connectivity index (χ0) is 21.0. The highest BCUT2D eigenvalue weighted by Gasteiger charge is 2.39. The second kappa shape index (κ2) is 8.99. The summed E-state index contributed by atoms with van der Waals surface area (Å²) in [5.41, 5.74) is 0.877. The SMILES string of the molecule is O=C(NCc1cccc(Oc2ccccc2)c1)[C@@H]1CCCN1S(=O)(=O)c1cccs1. The predicted octanol–water partition coefficient (Wildman–Crippen LogP) is 4.01. The molecule has 0 aliphatic carbocycles. The molecule has 1 saturated heterocycles. The summed E-state index contributed by atoms with van der Waals surface area (Å²) in [6.45, 7) is 0.660. The maximum atomic E-state index is 12.8. The van der Waals surface area contributed by atoms with Crippen molar-refractivity contribution < 1.29 is 17.9 Å². The maximum Gasteiger partial charge on any atom is 0.253 e. The molecule has 1 amide bonds. The van der Waals surface area contributed by atoms with Gasteiger partial charge in [0.1, 0.15) is 21.8 Å². The lowest BCUT2D eigenvalue weighted by atomic mass is 10.2. The Hall–Kier alpha value is -2.68. The molecule has 30 heavy (non-hydrogen) atoms. The number of hydrogen-bond donors (Lipinski definition) is 1. The molecule has 1 fully saturated rings. The van der Waals surface area contributed by atoms with E-state index in [2.05, 4.69) is 5.32 Å². The van der Waals surface area contributed by atoms with E-state index in [1.165, 1.54) is 15.6 Å². The van der Waals surface area contributed by atoms with Crippen molar-refractivity contribution in [2.75, 3.05) is 6.54 Å². The van der Waals surface area contributed by atoms with Crippen LogP contribution in [0.2, 0.25) is 0 Å². The van der Waals surface area contributed by atoms with Crippen LogP contribution in [0.25, 0.3) is 0 Å². The van der Waals surface area contributed by atoms with Crippen LogP contribution in [0, 0.1) is 0 Å². The van der Waals surface area contributed by atoms with E-state index in [0.717, 1.165) is 11.3 Å². The van der Waals surface area contributed by atoms with Gasteiger partial charge < -0.3 is 10.1 Å². The molecule has 6 nitrogen and oxygen atoms in total. The molecule has 0 radical (unpaired) electrons. The summed E-state index contributed by atoms with van der Waals surface area (Å²) < 4.78 is 33.1. The number of hydrogen-bond acceptors (Lipinski definition) is 5. The number of ether oxygens (including phenoxy) is 1. The molecule has 4 rings (SSSR count). The number of para-hydroxylation sites is 1. The number of rotatable bonds is 7. The van der Waals surface area contributed by atoms with Gasteiger partial charge in [0, 0.05) is 13.1 Å². The summed E-state index contributed by atoms with van der Waals surface area (Å²) >= 11 is 1.17. The molecule has 1 aliphatic heterocycles. The van der Waals surface area contributed by atoms with Crippen molar-refractivity contribution in [1.82, 2.24) is 9.62 Å². The standard InChI is InChI=1S/C22H22N2O4S2/c25-22(20-11-5-13-24(20)30(26,27)21-12-6-14-29-21)23-16-17-7-4-10-19(15-17)28-18-8-2-1-3-9-18/h1-4,6-10,12,14-15,20H,5,11,13,16H2,(H,23,25)/t20-/m0/s1. The number of nitrogens with one attached hydrogen (secondary N) is 1. The first-order valence-corrected chi connectivity index (χ1v) is 12.0. The normalized spacial score (nSPS) is 17.0. The molecule has 0 bridgehead atoms. The van der Waals surface area contributed by atoms with E-state index in [0.29, 0.717) is 31.7 Å². The van der Waals surface area contributed by atoms with Crippen LogP contribution >= 0.6 is 11.3 Å². The maximum absolute atomic E-state index is 12.8. The Bertz CT molecular complexity index is 1100. The third kappa shape index (κ3) is 4.56. The fraction of sp³-hybridized carbons (Fsp3) is 0.227. The van der Waals surface area contributed by atoms with Crippen molar-refractivity contribution >= 4 is 27.3 Å². The molecule has 1 aliphatic rings. The molecule has 0 unspecified atom stereocenters. The van der Waals surface area contributed by atoms with E-state index >= 15 is 0 Å². The molecule has 1 atom stereocenters. The van der Waals surface area contributed by atoms with Gasteiger partial charge in [-0.2, -0.15) is 4.31 Å².